The number of carbonyl (C=O) groups is 2. The largest absolute Gasteiger partial charge is 0.481 e. The molecule has 2 rings (SSSR count). The number of carboxylic acids is 1. The molecule has 5 nitrogen and oxygen atoms in total. The quantitative estimate of drug-likeness (QED) is 0.901. The molecule has 0 aromatic heterocycles. The van der Waals surface area contributed by atoms with Gasteiger partial charge in [0.05, 0.1) is 0 Å². The second-order valence-corrected chi connectivity index (χ2v) is 6.01. The van der Waals surface area contributed by atoms with Crippen molar-refractivity contribution in [3.05, 3.63) is 28.7 Å². The van der Waals surface area contributed by atoms with Crippen LogP contribution in [0.4, 0.5) is 0 Å². The number of carboxylic acid groups (broad SMARTS) is 1. The van der Waals surface area contributed by atoms with Crippen LogP contribution in [-0.4, -0.2) is 40.6 Å². The molecule has 0 radical (unpaired) electrons. The van der Waals surface area contributed by atoms with E-state index in [9.17, 15) is 14.7 Å². The summed E-state index contributed by atoms with van der Waals surface area (Å²) in [6.07, 6.45) is 1.46. The summed E-state index contributed by atoms with van der Waals surface area (Å²) in [6, 6.07) is 6.48. The maximum Gasteiger partial charge on any atom is 0.326 e. The highest BCUT2D eigenvalue weighted by Gasteiger charge is 2.34. The first-order chi connectivity index (χ1) is 9.99. The summed E-state index contributed by atoms with van der Waals surface area (Å²) in [4.78, 5) is 25.1. The Hall–Kier alpha value is -1.56. The van der Waals surface area contributed by atoms with Crippen molar-refractivity contribution in [3.63, 3.8) is 0 Å². The molecule has 2 atom stereocenters. The normalized spacial score (nSPS) is 19.9. The van der Waals surface area contributed by atoms with Crippen molar-refractivity contribution >= 4 is 27.8 Å². The number of nitrogens with zero attached hydrogens (tertiary/aromatic N) is 1. The zero-order chi connectivity index (χ0) is 15.4. The minimum Gasteiger partial charge on any atom is -0.481 e. The van der Waals surface area contributed by atoms with Gasteiger partial charge in [-0.15, -0.1) is 0 Å². The van der Waals surface area contributed by atoms with Gasteiger partial charge in [0.2, 0.25) is 0 Å². The number of rotatable bonds is 4. The molecule has 21 heavy (non-hydrogen) atoms. The molecule has 114 valence electrons. The molecule has 1 aromatic carbocycles. The minimum atomic E-state index is -0.947. The second-order valence-electron chi connectivity index (χ2n) is 5.10. The summed E-state index contributed by atoms with van der Waals surface area (Å²) < 4.78 is 6.49. The smallest absolute Gasteiger partial charge is 0.326 e. The number of amides is 1. The van der Waals surface area contributed by atoms with E-state index in [1.807, 2.05) is 12.1 Å². The van der Waals surface area contributed by atoms with Crippen LogP contribution in [0, 0.1) is 0 Å². The fraction of sp³-hybridized carbons (Fsp3) is 0.467. The first kappa shape index (κ1) is 15.8. The second kappa shape index (κ2) is 6.93. The van der Waals surface area contributed by atoms with E-state index in [0.29, 0.717) is 18.7 Å². The monoisotopic (exact) mass is 355 g/mol. The SMILES string of the molecule is CC(Oc1cccc(Br)c1)C(=O)N1CCCC[C@@H]1C(=O)O. The Bertz CT molecular complexity index is 534. The maximum absolute atomic E-state index is 12.4. The maximum atomic E-state index is 12.4. The van der Waals surface area contributed by atoms with E-state index >= 15 is 0 Å². The molecule has 1 aliphatic rings. The van der Waals surface area contributed by atoms with Crippen LogP contribution < -0.4 is 4.74 Å². The van der Waals surface area contributed by atoms with Gasteiger partial charge in [0, 0.05) is 11.0 Å². The Morgan fingerprint density at radius 1 is 1.43 bits per heavy atom. The van der Waals surface area contributed by atoms with Crippen LogP contribution in [0.1, 0.15) is 26.2 Å². The van der Waals surface area contributed by atoms with E-state index < -0.39 is 18.1 Å². The molecule has 0 aliphatic carbocycles. The van der Waals surface area contributed by atoms with E-state index in [1.165, 1.54) is 4.90 Å². The minimum absolute atomic E-state index is 0.276. The molecule has 1 fully saturated rings. The Balaban J connectivity index is 2.05. The average molecular weight is 356 g/mol. The number of hydrogen-bond acceptors (Lipinski definition) is 3. The van der Waals surface area contributed by atoms with Crippen molar-refractivity contribution in [2.75, 3.05) is 6.54 Å². The molecular formula is C15H18BrNO4. The van der Waals surface area contributed by atoms with Gasteiger partial charge in [-0.05, 0) is 44.4 Å². The van der Waals surface area contributed by atoms with Gasteiger partial charge < -0.3 is 14.7 Å². The van der Waals surface area contributed by atoms with E-state index in [2.05, 4.69) is 15.9 Å². The number of piperidine rings is 1. The lowest BCUT2D eigenvalue weighted by atomic mass is 10.0. The lowest BCUT2D eigenvalue weighted by molar-refractivity contribution is -0.155. The molecule has 0 saturated carbocycles. The number of halogens is 1. The van der Waals surface area contributed by atoms with Crippen molar-refractivity contribution in [1.82, 2.24) is 4.90 Å². The number of benzene rings is 1. The van der Waals surface area contributed by atoms with Crippen molar-refractivity contribution in [2.45, 2.75) is 38.3 Å². The molecule has 1 N–H and O–H groups in total. The van der Waals surface area contributed by atoms with E-state index in [0.717, 1.165) is 17.3 Å². The summed E-state index contributed by atoms with van der Waals surface area (Å²) in [5.74, 6) is -0.645. The average Bonchev–Trinajstić information content (AvgIpc) is 2.46. The van der Waals surface area contributed by atoms with Gasteiger partial charge in [0.15, 0.2) is 6.10 Å². The Morgan fingerprint density at radius 3 is 2.86 bits per heavy atom. The van der Waals surface area contributed by atoms with Crippen LogP contribution in [0.5, 0.6) is 5.75 Å². The van der Waals surface area contributed by atoms with Crippen molar-refractivity contribution in [3.8, 4) is 5.75 Å². The predicted octanol–water partition coefficient (Wildman–Crippen LogP) is 2.68. The van der Waals surface area contributed by atoms with Gasteiger partial charge in [-0.2, -0.15) is 0 Å². The lowest BCUT2D eigenvalue weighted by Crippen LogP contribution is -2.52. The van der Waals surface area contributed by atoms with Crippen molar-refractivity contribution in [1.29, 1.82) is 0 Å². The Labute approximate surface area is 132 Å². The number of ether oxygens (including phenoxy) is 1. The zero-order valence-corrected chi connectivity index (χ0v) is 13.4. The highest BCUT2D eigenvalue weighted by atomic mass is 79.9. The number of aliphatic carboxylic acids is 1. The Kier molecular flexibility index (Phi) is 5.22. The van der Waals surface area contributed by atoms with E-state index in [4.69, 9.17) is 4.74 Å². The fourth-order valence-electron chi connectivity index (χ4n) is 2.48. The summed E-state index contributed by atoms with van der Waals surface area (Å²) >= 11 is 3.34. The highest BCUT2D eigenvalue weighted by Crippen LogP contribution is 2.22. The van der Waals surface area contributed by atoms with Crippen LogP contribution in [0.15, 0.2) is 28.7 Å². The van der Waals surface area contributed by atoms with Gasteiger partial charge in [-0.3, -0.25) is 4.79 Å². The molecule has 1 heterocycles. The van der Waals surface area contributed by atoms with E-state index in [1.54, 1.807) is 19.1 Å². The third kappa shape index (κ3) is 3.97. The highest BCUT2D eigenvalue weighted by molar-refractivity contribution is 9.10. The standard InChI is InChI=1S/C15H18BrNO4/c1-10(21-12-6-4-5-11(16)9-12)14(18)17-8-3-2-7-13(17)15(19)20/h4-6,9-10,13H,2-3,7-8H2,1H3,(H,19,20)/t10?,13-/m1/s1. The molecule has 6 heteroatoms. The van der Waals surface area contributed by atoms with Crippen molar-refractivity contribution < 1.29 is 19.4 Å². The summed E-state index contributed by atoms with van der Waals surface area (Å²) in [5.41, 5.74) is 0. The Morgan fingerprint density at radius 2 is 2.19 bits per heavy atom. The number of hydrogen-bond donors (Lipinski definition) is 1. The fourth-order valence-corrected chi connectivity index (χ4v) is 2.86. The molecular weight excluding hydrogens is 338 g/mol. The van der Waals surface area contributed by atoms with Crippen LogP contribution in [-0.2, 0) is 9.59 Å². The summed E-state index contributed by atoms with van der Waals surface area (Å²) in [6.45, 7) is 2.12. The topological polar surface area (TPSA) is 66.8 Å². The third-order valence-corrected chi connectivity index (χ3v) is 4.02. The van der Waals surface area contributed by atoms with Gasteiger partial charge in [-0.25, -0.2) is 4.79 Å². The molecule has 1 aliphatic heterocycles. The molecule has 1 aromatic rings. The van der Waals surface area contributed by atoms with Crippen molar-refractivity contribution in [2.24, 2.45) is 0 Å². The molecule has 0 spiro atoms. The van der Waals surface area contributed by atoms with Gasteiger partial charge in [0.1, 0.15) is 11.8 Å². The number of carbonyl (C=O) groups excluding carboxylic acids is 1. The first-order valence-corrected chi connectivity index (χ1v) is 7.74. The van der Waals surface area contributed by atoms with Crippen LogP contribution in [0.3, 0.4) is 0 Å². The lowest BCUT2D eigenvalue weighted by Gasteiger charge is -2.34. The molecule has 0 bridgehead atoms. The molecule has 1 saturated heterocycles. The van der Waals surface area contributed by atoms with Gasteiger partial charge in [-0.1, -0.05) is 22.0 Å². The summed E-state index contributed by atoms with van der Waals surface area (Å²) in [5, 5.41) is 9.22. The van der Waals surface area contributed by atoms with E-state index in [-0.39, 0.29) is 5.91 Å². The van der Waals surface area contributed by atoms with Crippen LogP contribution >= 0.6 is 15.9 Å². The summed E-state index contributed by atoms with van der Waals surface area (Å²) in [7, 11) is 0. The molecule has 1 amide bonds. The van der Waals surface area contributed by atoms with Gasteiger partial charge >= 0.3 is 5.97 Å². The predicted molar refractivity (Wildman–Crippen MR) is 81.2 cm³/mol. The van der Waals surface area contributed by atoms with Crippen LogP contribution in [0.25, 0.3) is 0 Å². The number of likely N-dealkylation sites (tertiary alicyclic amines) is 1. The van der Waals surface area contributed by atoms with Gasteiger partial charge in [0.25, 0.3) is 5.91 Å². The van der Waals surface area contributed by atoms with Crippen LogP contribution in [0.2, 0.25) is 0 Å². The zero-order valence-electron chi connectivity index (χ0n) is 11.8. The molecule has 1 unspecified atom stereocenters. The first-order valence-electron chi connectivity index (χ1n) is 6.94. The third-order valence-electron chi connectivity index (χ3n) is 3.53.